The van der Waals surface area contributed by atoms with Gasteiger partial charge in [-0.25, -0.2) is 4.98 Å². The Morgan fingerprint density at radius 3 is 2.74 bits per heavy atom. The molecule has 1 unspecified atom stereocenters. The SMILES string of the molecule is CC(N)c1nc(C(=O)N2CCN(C)C(C)(C)C2)cs1. The minimum Gasteiger partial charge on any atom is -0.334 e. The molecule has 1 aromatic heterocycles. The lowest BCUT2D eigenvalue weighted by Crippen LogP contribution is -2.58. The third-order valence-electron chi connectivity index (χ3n) is 3.73. The van der Waals surface area contributed by atoms with Crippen LogP contribution in [0.1, 0.15) is 42.3 Å². The van der Waals surface area contributed by atoms with Crippen LogP contribution in [0.3, 0.4) is 0 Å². The van der Waals surface area contributed by atoms with Crippen LogP contribution >= 0.6 is 11.3 Å². The highest BCUT2D eigenvalue weighted by Crippen LogP contribution is 2.22. The Morgan fingerprint density at radius 2 is 2.21 bits per heavy atom. The fraction of sp³-hybridized carbons (Fsp3) is 0.692. The van der Waals surface area contributed by atoms with Crippen LogP contribution in [0, 0.1) is 0 Å². The van der Waals surface area contributed by atoms with Gasteiger partial charge in [-0.1, -0.05) is 0 Å². The van der Waals surface area contributed by atoms with E-state index in [2.05, 4.69) is 30.8 Å². The maximum atomic E-state index is 12.4. The van der Waals surface area contributed by atoms with E-state index >= 15 is 0 Å². The number of carbonyl (C=O) groups is 1. The molecule has 0 saturated carbocycles. The van der Waals surface area contributed by atoms with Crippen molar-refractivity contribution in [2.45, 2.75) is 32.4 Å². The van der Waals surface area contributed by atoms with Gasteiger partial charge in [-0.15, -0.1) is 11.3 Å². The van der Waals surface area contributed by atoms with E-state index in [4.69, 9.17) is 5.73 Å². The number of likely N-dealkylation sites (N-methyl/N-ethyl adjacent to an activating group) is 1. The van der Waals surface area contributed by atoms with Crippen LogP contribution in [0.25, 0.3) is 0 Å². The summed E-state index contributed by atoms with van der Waals surface area (Å²) in [4.78, 5) is 21.0. The lowest BCUT2D eigenvalue weighted by atomic mass is 9.99. The smallest absolute Gasteiger partial charge is 0.273 e. The molecule has 5 nitrogen and oxygen atoms in total. The number of aromatic nitrogens is 1. The van der Waals surface area contributed by atoms with Crippen LogP contribution in [0.4, 0.5) is 0 Å². The zero-order chi connectivity index (χ0) is 14.2. The highest BCUT2D eigenvalue weighted by Gasteiger charge is 2.34. The molecule has 1 fully saturated rings. The summed E-state index contributed by atoms with van der Waals surface area (Å²) in [5.41, 5.74) is 6.32. The van der Waals surface area contributed by atoms with E-state index < -0.39 is 0 Å². The van der Waals surface area contributed by atoms with E-state index in [1.807, 2.05) is 17.2 Å². The Labute approximate surface area is 118 Å². The largest absolute Gasteiger partial charge is 0.334 e. The average Bonchev–Trinajstić information content (AvgIpc) is 2.81. The number of hydrogen-bond acceptors (Lipinski definition) is 5. The molecule has 0 radical (unpaired) electrons. The van der Waals surface area contributed by atoms with Crippen LogP contribution in [-0.2, 0) is 0 Å². The van der Waals surface area contributed by atoms with Crippen molar-refractivity contribution in [3.63, 3.8) is 0 Å². The van der Waals surface area contributed by atoms with Gasteiger partial charge in [0, 0.05) is 30.6 Å². The molecule has 0 spiro atoms. The molecule has 0 aromatic carbocycles. The third-order valence-corrected chi connectivity index (χ3v) is 4.78. The quantitative estimate of drug-likeness (QED) is 0.889. The first-order valence-corrected chi connectivity index (χ1v) is 7.41. The standard InChI is InChI=1S/C13H22N4OS/c1-9(14)11-15-10(7-19-11)12(18)17-6-5-16(4)13(2,3)8-17/h7,9H,5-6,8,14H2,1-4H3. The highest BCUT2D eigenvalue weighted by molar-refractivity contribution is 7.09. The van der Waals surface area contributed by atoms with Crippen molar-refractivity contribution in [2.75, 3.05) is 26.7 Å². The Morgan fingerprint density at radius 1 is 1.53 bits per heavy atom. The second kappa shape index (κ2) is 5.19. The van der Waals surface area contributed by atoms with E-state index in [1.54, 1.807) is 0 Å². The summed E-state index contributed by atoms with van der Waals surface area (Å²) in [6.07, 6.45) is 0. The second-order valence-electron chi connectivity index (χ2n) is 5.82. The second-order valence-corrected chi connectivity index (χ2v) is 6.71. The van der Waals surface area contributed by atoms with E-state index in [0.29, 0.717) is 5.69 Å². The maximum Gasteiger partial charge on any atom is 0.273 e. The molecule has 0 bridgehead atoms. The first kappa shape index (κ1) is 14.4. The van der Waals surface area contributed by atoms with E-state index in [-0.39, 0.29) is 17.5 Å². The van der Waals surface area contributed by atoms with Gasteiger partial charge in [-0.3, -0.25) is 9.69 Å². The van der Waals surface area contributed by atoms with E-state index in [9.17, 15) is 4.79 Å². The van der Waals surface area contributed by atoms with Crippen molar-refractivity contribution >= 4 is 17.2 Å². The summed E-state index contributed by atoms with van der Waals surface area (Å²) < 4.78 is 0. The van der Waals surface area contributed by atoms with Crippen molar-refractivity contribution in [3.8, 4) is 0 Å². The van der Waals surface area contributed by atoms with Gasteiger partial charge in [0.25, 0.3) is 5.91 Å². The highest BCUT2D eigenvalue weighted by atomic mass is 32.1. The maximum absolute atomic E-state index is 12.4. The van der Waals surface area contributed by atoms with E-state index in [0.717, 1.165) is 24.6 Å². The first-order valence-electron chi connectivity index (χ1n) is 6.53. The number of rotatable bonds is 2. The van der Waals surface area contributed by atoms with Crippen LogP contribution < -0.4 is 5.73 Å². The van der Waals surface area contributed by atoms with Crippen molar-refractivity contribution in [2.24, 2.45) is 5.73 Å². The predicted octanol–water partition coefficient (Wildman–Crippen LogP) is 1.33. The Balaban J connectivity index is 2.11. The van der Waals surface area contributed by atoms with Gasteiger partial charge in [-0.05, 0) is 27.8 Å². The topological polar surface area (TPSA) is 62.5 Å². The fourth-order valence-corrected chi connectivity index (χ4v) is 2.92. The molecule has 2 N–H and O–H groups in total. The van der Waals surface area contributed by atoms with Crippen LogP contribution in [-0.4, -0.2) is 52.9 Å². The molecule has 1 aliphatic heterocycles. The van der Waals surface area contributed by atoms with Crippen molar-refractivity contribution in [1.29, 1.82) is 0 Å². The van der Waals surface area contributed by atoms with Crippen molar-refractivity contribution < 1.29 is 4.79 Å². The first-order chi connectivity index (χ1) is 8.81. The van der Waals surface area contributed by atoms with Gasteiger partial charge in [-0.2, -0.15) is 0 Å². The Hall–Kier alpha value is -0.980. The fourth-order valence-electron chi connectivity index (χ4n) is 2.17. The number of amides is 1. The number of thiazole rings is 1. The van der Waals surface area contributed by atoms with Crippen LogP contribution in [0.15, 0.2) is 5.38 Å². The van der Waals surface area contributed by atoms with Crippen molar-refractivity contribution in [3.05, 3.63) is 16.1 Å². The number of nitrogens with zero attached hydrogens (tertiary/aromatic N) is 3. The zero-order valence-electron chi connectivity index (χ0n) is 12.0. The lowest BCUT2D eigenvalue weighted by Gasteiger charge is -2.45. The third kappa shape index (κ3) is 2.96. The van der Waals surface area contributed by atoms with Gasteiger partial charge in [0.15, 0.2) is 0 Å². The van der Waals surface area contributed by atoms with Gasteiger partial charge >= 0.3 is 0 Å². The minimum atomic E-state index is -0.115. The summed E-state index contributed by atoms with van der Waals surface area (Å²) in [7, 11) is 2.10. The monoisotopic (exact) mass is 282 g/mol. The summed E-state index contributed by atoms with van der Waals surface area (Å²) in [5, 5.41) is 2.63. The summed E-state index contributed by atoms with van der Waals surface area (Å²) in [6.45, 7) is 8.56. The zero-order valence-corrected chi connectivity index (χ0v) is 12.8. The summed E-state index contributed by atoms with van der Waals surface area (Å²) in [5.74, 6) is 0.0179. The number of hydrogen-bond donors (Lipinski definition) is 1. The normalized spacial score (nSPS) is 21.4. The number of carbonyl (C=O) groups excluding carboxylic acids is 1. The number of nitrogens with two attached hydrogens (primary N) is 1. The molecule has 1 atom stereocenters. The van der Waals surface area contributed by atoms with Gasteiger partial charge in [0.2, 0.25) is 0 Å². The predicted molar refractivity (Wildman–Crippen MR) is 77.3 cm³/mol. The molecule has 1 amide bonds. The molecule has 2 heterocycles. The Bertz CT molecular complexity index is 469. The number of piperazine rings is 1. The lowest BCUT2D eigenvalue weighted by molar-refractivity contribution is 0.0307. The van der Waals surface area contributed by atoms with Gasteiger partial charge in [0.1, 0.15) is 10.7 Å². The Kier molecular flexibility index (Phi) is 3.94. The molecular formula is C13H22N4OS. The molecule has 2 rings (SSSR count). The van der Waals surface area contributed by atoms with Gasteiger partial charge in [0.05, 0.1) is 6.04 Å². The van der Waals surface area contributed by atoms with Gasteiger partial charge < -0.3 is 10.6 Å². The molecular weight excluding hydrogens is 260 g/mol. The molecule has 1 aromatic rings. The summed E-state index contributed by atoms with van der Waals surface area (Å²) in [6, 6.07) is -0.115. The minimum absolute atomic E-state index is 0.00786. The van der Waals surface area contributed by atoms with E-state index in [1.165, 1.54) is 11.3 Å². The van der Waals surface area contributed by atoms with Crippen LogP contribution in [0.2, 0.25) is 0 Å². The molecule has 1 aliphatic rings. The summed E-state index contributed by atoms with van der Waals surface area (Å²) >= 11 is 1.46. The molecule has 0 aliphatic carbocycles. The molecule has 19 heavy (non-hydrogen) atoms. The molecule has 6 heteroatoms. The van der Waals surface area contributed by atoms with Crippen molar-refractivity contribution in [1.82, 2.24) is 14.8 Å². The molecule has 1 saturated heterocycles. The average molecular weight is 282 g/mol. The van der Waals surface area contributed by atoms with Crippen LogP contribution in [0.5, 0.6) is 0 Å². The molecule has 106 valence electrons.